The van der Waals surface area contributed by atoms with Gasteiger partial charge in [-0.3, -0.25) is 19.3 Å². The Morgan fingerprint density at radius 2 is 2.12 bits per heavy atom. The van der Waals surface area contributed by atoms with Gasteiger partial charge in [0.05, 0.1) is 6.54 Å². The zero-order chi connectivity index (χ0) is 18.7. The minimum absolute atomic E-state index is 0.0274. The van der Waals surface area contributed by atoms with E-state index in [1.54, 1.807) is 6.92 Å². The summed E-state index contributed by atoms with van der Waals surface area (Å²) in [6.07, 6.45) is 1.63. The molecule has 2 heterocycles. The predicted octanol–water partition coefficient (Wildman–Crippen LogP) is -0.925. The zero-order valence-electron chi connectivity index (χ0n) is 14.8. The largest absolute Gasteiger partial charge is 0.483 e. The van der Waals surface area contributed by atoms with Gasteiger partial charge in [0, 0.05) is 37.8 Å². The number of hydrogen-bond acceptors (Lipinski definition) is 6. The monoisotopic (exact) mass is 353 g/mol. The number of aryl methyl sites for hydroxylation is 1. The van der Waals surface area contributed by atoms with Crippen LogP contribution in [0, 0.1) is 6.92 Å². The van der Waals surface area contributed by atoms with E-state index in [1.165, 1.54) is 6.07 Å². The Bertz CT molecular complexity index is 604. The molecule has 0 radical (unpaired) electrons. The molecule has 0 unspecified atom stereocenters. The van der Waals surface area contributed by atoms with Crippen LogP contribution in [0.4, 0.5) is 0 Å². The summed E-state index contributed by atoms with van der Waals surface area (Å²) in [5.41, 5.74) is 0.543. The normalized spacial score (nSPS) is 15.6. The summed E-state index contributed by atoms with van der Waals surface area (Å²) in [7, 11) is 2.11. The zero-order valence-corrected chi connectivity index (χ0v) is 14.8. The summed E-state index contributed by atoms with van der Waals surface area (Å²) >= 11 is 0. The maximum absolute atomic E-state index is 12.0. The highest BCUT2D eigenvalue weighted by molar-refractivity contribution is 5.78. The second-order valence-electron chi connectivity index (χ2n) is 5.97. The molecule has 1 aromatic rings. The fourth-order valence-corrected chi connectivity index (χ4v) is 2.60. The lowest BCUT2D eigenvalue weighted by Gasteiger charge is -2.19. The number of aromatic amines is 1. The van der Waals surface area contributed by atoms with Crippen molar-refractivity contribution in [2.24, 2.45) is 0 Å². The van der Waals surface area contributed by atoms with Crippen LogP contribution >= 0.6 is 0 Å². The Morgan fingerprint density at radius 1 is 1.40 bits per heavy atom. The molecule has 1 aliphatic rings. The third-order valence-electron chi connectivity index (χ3n) is 3.78. The number of nitrogens with one attached hydrogen (secondary N) is 2. The molecule has 9 nitrogen and oxygen atoms in total. The standard InChI is InChI=1S/C15H25N5O2.CH2O2/c1-12-10-14(21)18-13(17-12)4-5-16-15(22)11-20-7-3-6-19(2)8-9-20;2-1-3/h10H,3-9,11H2,1-2H3,(H,16,22)(H,17,18,21);1H,(H,2,3). The maximum Gasteiger partial charge on any atom is 0.290 e. The average Bonchev–Trinajstić information content (AvgIpc) is 2.72. The van der Waals surface area contributed by atoms with Gasteiger partial charge >= 0.3 is 0 Å². The van der Waals surface area contributed by atoms with Gasteiger partial charge in [0.1, 0.15) is 5.82 Å². The Balaban J connectivity index is 0.000000970. The lowest BCUT2D eigenvalue weighted by Crippen LogP contribution is -2.39. The molecule has 1 aromatic heterocycles. The molecule has 0 atom stereocenters. The van der Waals surface area contributed by atoms with Gasteiger partial charge in [0.15, 0.2) is 0 Å². The fourth-order valence-electron chi connectivity index (χ4n) is 2.60. The Kier molecular flexibility index (Phi) is 9.41. The Labute approximate surface area is 147 Å². The van der Waals surface area contributed by atoms with Crippen LogP contribution in [0.1, 0.15) is 17.9 Å². The van der Waals surface area contributed by atoms with Crippen molar-refractivity contribution in [3.63, 3.8) is 0 Å². The number of carboxylic acid groups (broad SMARTS) is 1. The first-order valence-corrected chi connectivity index (χ1v) is 8.27. The number of H-pyrrole nitrogens is 1. The Hall–Kier alpha value is -2.26. The third kappa shape index (κ3) is 8.96. The molecule has 9 heteroatoms. The van der Waals surface area contributed by atoms with E-state index in [9.17, 15) is 9.59 Å². The first kappa shape index (κ1) is 20.8. The van der Waals surface area contributed by atoms with E-state index in [2.05, 4.69) is 32.1 Å². The van der Waals surface area contributed by atoms with Crippen molar-refractivity contribution >= 4 is 12.4 Å². The maximum atomic E-state index is 12.0. The molecule has 0 bridgehead atoms. The smallest absolute Gasteiger partial charge is 0.290 e. The molecular formula is C16H27N5O4. The van der Waals surface area contributed by atoms with E-state index >= 15 is 0 Å². The number of carbonyl (C=O) groups is 2. The van der Waals surface area contributed by atoms with Gasteiger partial charge in [-0.05, 0) is 33.5 Å². The van der Waals surface area contributed by atoms with E-state index in [0.29, 0.717) is 31.0 Å². The predicted molar refractivity (Wildman–Crippen MR) is 93.6 cm³/mol. The van der Waals surface area contributed by atoms with E-state index in [0.717, 1.165) is 32.6 Å². The van der Waals surface area contributed by atoms with Crippen LogP contribution in [0.5, 0.6) is 0 Å². The number of amides is 1. The molecule has 140 valence electrons. The van der Waals surface area contributed by atoms with Crippen molar-refractivity contribution < 1.29 is 14.7 Å². The third-order valence-corrected chi connectivity index (χ3v) is 3.78. The summed E-state index contributed by atoms with van der Waals surface area (Å²) in [5.74, 6) is 0.640. The summed E-state index contributed by atoms with van der Waals surface area (Å²) < 4.78 is 0. The average molecular weight is 353 g/mol. The summed E-state index contributed by atoms with van der Waals surface area (Å²) in [4.78, 5) is 43.1. The van der Waals surface area contributed by atoms with E-state index in [1.807, 2.05) is 0 Å². The molecule has 1 amide bonds. The fraction of sp³-hybridized carbons (Fsp3) is 0.625. The summed E-state index contributed by atoms with van der Waals surface area (Å²) in [5, 5.41) is 9.78. The first-order chi connectivity index (χ1) is 11.9. The number of carbonyl (C=O) groups excluding carboxylic acids is 1. The molecular weight excluding hydrogens is 326 g/mol. The van der Waals surface area contributed by atoms with Gasteiger partial charge in [-0.1, -0.05) is 0 Å². The van der Waals surface area contributed by atoms with Crippen LogP contribution in [0.2, 0.25) is 0 Å². The number of likely N-dealkylation sites (N-methyl/N-ethyl adjacent to an activating group) is 1. The minimum Gasteiger partial charge on any atom is -0.483 e. The van der Waals surface area contributed by atoms with E-state index in [4.69, 9.17) is 9.90 Å². The molecule has 1 saturated heterocycles. The molecule has 1 aliphatic heterocycles. The number of nitrogens with zero attached hydrogens (tertiary/aromatic N) is 3. The highest BCUT2D eigenvalue weighted by Gasteiger charge is 2.14. The molecule has 3 N–H and O–H groups in total. The highest BCUT2D eigenvalue weighted by atomic mass is 16.3. The number of aromatic nitrogens is 2. The molecule has 0 saturated carbocycles. The van der Waals surface area contributed by atoms with Gasteiger partial charge < -0.3 is 20.3 Å². The van der Waals surface area contributed by atoms with Crippen LogP contribution in [-0.2, 0) is 16.0 Å². The highest BCUT2D eigenvalue weighted by Crippen LogP contribution is 2.00. The summed E-state index contributed by atoms with van der Waals surface area (Å²) in [6, 6.07) is 1.46. The van der Waals surface area contributed by atoms with Crippen LogP contribution in [0.3, 0.4) is 0 Å². The van der Waals surface area contributed by atoms with Crippen LogP contribution < -0.4 is 10.9 Å². The summed E-state index contributed by atoms with van der Waals surface area (Å²) in [6.45, 7) is 6.44. The second kappa shape index (κ2) is 11.3. The molecule has 2 rings (SSSR count). The van der Waals surface area contributed by atoms with Gasteiger partial charge in [-0.25, -0.2) is 4.98 Å². The van der Waals surface area contributed by atoms with Crippen LogP contribution in [0.25, 0.3) is 0 Å². The van der Waals surface area contributed by atoms with Gasteiger partial charge in [0.2, 0.25) is 5.91 Å². The van der Waals surface area contributed by atoms with Crippen molar-refractivity contribution in [1.82, 2.24) is 25.1 Å². The van der Waals surface area contributed by atoms with Crippen LogP contribution in [-0.4, -0.2) is 83.6 Å². The number of rotatable bonds is 5. The lowest BCUT2D eigenvalue weighted by atomic mass is 10.3. The van der Waals surface area contributed by atoms with Crippen LogP contribution in [0.15, 0.2) is 10.9 Å². The van der Waals surface area contributed by atoms with Crippen molar-refractivity contribution in [3.05, 3.63) is 27.9 Å². The molecule has 1 fully saturated rings. The SMILES string of the molecule is Cc1cc(=O)[nH]c(CCNC(=O)CN2CCCN(C)CC2)n1.O=CO. The molecule has 0 aliphatic carbocycles. The van der Waals surface area contributed by atoms with Crippen molar-refractivity contribution in [1.29, 1.82) is 0 Å². The van der Waals surface area contributed by atoms with Crippen molar-refractivity contribution in [2.75, 3.05) is 46.3 Å². The number of hydrogen-bond donors (Lipinski definition) is 3. The van der Waals surface area contributed by atoms with E-state index < -0.39 is 0 Å². The van der Waals surface area contributed by atoms with Gasteiger partial charge in [0.25, 0.3) is 12.0 Å². The van der Waals surface area contributed by atoms with Gasteiger partial charge in [-0.2, -0.15) is 0 Å². The molecule has 0 spiro atoms. The molecule has 0 aromatic carbocycles. The quantitative estimate of drug-likeness (QED) is 0.586. The minimum atomic E-state index is -0.250. The molecule has 25 heavy (non-hydrogen) atoms. The first-order valence-electron chi connectivity index (χ1n) is 8.27. The second-order valence-corrected chi connectivity index (χ2v) is 5.97. The van der Waals surface area contributed by atoms with Crippen molar-refractivity contribution in [3.8, 4) is 0 Å². The Morgan fingerprint density at radius 3 is 2.80 bits per heavy atom. The van der Waals surface area contributed by atoms with E-state index in [-0.39, 0.29) is 17.9 Å². The lowest BCUT2D eigenvalue weighted by molar-refractivity contribution is -0.123. The topological polar surface area (TPSA) is 119 Å². The van der Waals surface area contributed by atoms with Crippen molar-refractivity contribution in [2.45, 2.75) is 19.8 Å². The van der Waals surface area contributed by atoms with Gasteiger partial charge in [-0.15, -0.1) is 0 Å².